The fourth-order valence-electron chi connectivity index (χ4n) is 1.36. The van der Waals surface area contributed by atoms with E-state index in [4.69, 9.17) is 9.47 Å². The molecule has 6 heteroatoms. The van der Waals surface area contributed by atoms with Crippen molar-refractivity contribution in [2.45, 2.75) is 12.7 Å². The van der Waals surface area contributed by atoms with Crippen molar-refractivity contribution in [2.75, 3.05) is 14.2 Å². The number of carbonyl (C=O) groups excluding carboxylic acids is 3. The maximum Gasteiger partial charge on any atom is 0.337 e. The number of ketones is 1. The number of carbonyl (C=O) groups is 3. The summed E-state index contributed by atoms with van der Waals surface area (Å²) in [6.07, 6.45) is 3.45. The van der Waals surface area contributed by atoms with Gasteiger partial charge in [0, 0.05) is 18.8 Å². The first-order valence-electron chi connectivity index (χ1n) is 5.34. The van der Waals surface area contributed by atoms with Crippen LogP contribution in [0.15, 0.2) is 36.0 Å². The highest BCUT2D eigenvalue weighted by molar-refractivity contribution is 6.06. The average molecular weight is 266 g/mol. The van der Waals surface area contributed by atoms with Crippen molar-refractivity contribution in [3.8, 4) is 0 Å². The van der Waals surface area contributed by atoms with E-state index < -0.39 is 23.5 Å². The molecule has 1 aliphatic carbocycles. The first kappa shape index (κ1) is 14.8. The zero-order valence-electron chi connectivity index (χ0n) is 10.9. The topological polar surface area (TPSA) is 78.9 Å². The molecule has 0 aliphatic heterocycles. The van der Waals surface area contributed by atoms with Gasteiger partial charge in [-0.15, -0.1) is 0 Å². The van der Waals surface area contributed by atoms with Gasteiger partial charge >= 0.3 is 11.9 Å². The Bertz CT molecular complexity index is 499. The van der Waals surface area contributed by atoms with Crippen LogP contribution in [0.3, 0.4) is 0 Å². The van der Waals surface area contributed by atoms with Crippen molar-refractivity contribution in [3.05, 3.63) is 36.0 Å². The molecule has 0 aromatic heterocycles. The van der Waals surface area contributed by atoms with E-state index in [0.717, 1.165) is 12.2 Å². The molecular weight excluding hydrogens is 252 g/mol. The lowest BCUT2D eigenvalue weighted by Gasteiger charge is -2.28. The summed E-state index contributed by atoms with van der Waals surface area (Å²) in [6.45, 7) is 4.84. The van der Waals surface area contributed by atoms with Crippen molar-refractivity contribution in [3.63, 3.8) is 0 Å². The molecule has 1 rings (SSSR count). The SMILES string of the molecule is C=C(C)C(=O)OC1(OC)C=C(C(=O)OC)C=CC1=O. The van der Waals surface area contributed by atoms with Gasteiger partial charge in [0.05, 0.1) is 12.7 Å². The molecule has 1 atom stereocenters. The first-order chi connectivity index (χ1) is 8.86. The lowest BCUT2D eigenvalue weighted by molar-refractivity contribution is -0.197. The van der Waals surface area contributed by atoms with Gasteiger partial charge in [-0.1, -0.05) is 6.58 Å². The highest BCUT2D eigenvalue weighted by Gasteiger charge is 2.42. The van der Waals surface area contributed by atoms with E-state index in [1.54, 1.807) is 0 Å². The third-order valence-electron chi connectivity index (χ3n) is 2.42. The van der Waals surface area contributed by atoms with Gasteiger partial charge in [0.2, 0.25) is 5.78 Å². The summed E-state index contributed by atoms with van der Waals surface area (Å²) in [6, 6.07) is 0. The largest absolute Gasteiger partial charge is 0.465 e. The van der Waals surface area contributed by atoms with Gasteiger partial charge in [0.1, 0.15) is 0 Å². The monoisotopic (exact) mass is 266 g/mol. The Morgan fingerprint density at radius 2 is 1.89 bits per heavy atom. The Morgan fingerprint density at radius 3 is 2.37 bits per heavy atom. The Labute approximate surface area is 110 Å². The normalized spacial score (nSPS) is 21.6. The van der Waals surface area contributed by atoms with Crippen LogP contribution in [-0.2, 0) is 28.6 Å². The van der Waals surface area contributed by atoms with Gasteiger partial charge in [0.25, 0.3) is 5.79 Å². The minimum Gasteiger partial charge on any atom is -0.465 e. The minimum atomic E-state index is -1.96. The molecule has 0 saturated heterocycles. The van der Waals surface area contributed by atoms with Gasteiger partial charge in [0.15, 0.2) is 0 Å². The molecule has 0 fully saturated rings. The number of hydrogen-bond acceptors (Lipinski definition) is 6. The maximum atomic E-state index is 11.8. The second-order valence-electron chi connectivity index (χ2n) is 3.83. The van der Waals surface area contributed by atoms with E-state index in [1.807, 2.05) is 0 Å². The van der Waals surface area contributed by atoms with Gasteiger partial charge in [-0.05, 0) is 19.1 Å². The summed E-state index contributed by atoms with van der Waals surface area (Å²) in [4.78, 5) is 34.8. The zero-order valence-corrected chi connectivity index (χ0v) is 10.9. The Kier molecular flexibility index (Phi) is 4.39. The predicted octanol–water partition coefficient (Wildman–Crippen LogP) is 0.687. The van der Waals surface area contributed by atoms with Crippen LogP contribution in [0.5, 0.6) is 0 Å². The summed E-state index contributed by atoms with van der Waals surface area (Å²) < 4.78 is 14.5. The molecule has 0 N–H and O–H groups in total. The molecule has 0 aromatic rings. The van der Waals surface area contributed by atoms with Crippen LogP contribution in [0.1, 0.15) is 6.92 Å². The van der Waals surface area contributed by atoms with Crippen LogP contribution in [-0.4, -0.2) is 37.7 Å². The Hall–Kier alpha value is -2.21. The van der Waals surface area contributed by atoms with E-state index in [2.05, 4.69) is 11.3 Å². The van der Waals surface area contributed by atoms with E-state index >= 15 is 0 Å². The number of esters is 2. The average Bonchev–Trinajstić information content (AvgIpc) is 2.40. The molecule has 1 unspecified atom stereocenters. The summed E-state index contributed by atoms with van der Waals surface area (Å²) in [5.74, 6) is -4.05. The van der Waals surface area contributed by atoms with Gasteiger partial charge in [-0.25, -0.2) is 9.59 Å². The van der Waals surface area contributed by atoms with E-state index in [1.165, 1.54) is 27.2 Å². The van der Waals surface area contributed by atoms with Gasteiger partial charge < -0.3 is 14.2 Å². The second kappa shape index (κ2) is 5.62. The van der Waals surface area contributed by atoms with E-state index in [0.29, 0.717) is 0 Å². The fraction of sp³-hybridized carbons (Fsp3) is 0.308. The molecule has 19 heavy (non-hydrogen) atoms. The first-order valence-corrected chi connectivity index (χ1v) is 5.34. The standard InChI is InChI=1S/C13H14O6/c1-8(2)11(15)19-13(18-4)7-9(12(16)17-3)5-6-10(13)14/h5-7H,1H2,2-4H3. The summed E-state index contributed by atoms with van der Waals surface area (Å²) in [7, 11) is 2.38. The lowest BCUT2D eigenvalue weighted by atomic mass is 10.00. The van der Waals surface area contributed by atoms with Gasteiger partial charge in [-0.3, -0.25) is 4.79 Å². The molecule has 102 valence electrons. The zero-order chi connectivity index (χ0) is 14.6. The third kappa shape index (κ3) is 2.97. The van der Waals surface area contributed by atoms with Crippen LogP contribution < -0.4 is 0 Å². The summed E-state index contributed by atoms with van der Waals surface area (Å²) in [5, 5.41) is 0. The second-order valence-corrected chi connectivity index (χ2v) is 3.83. The molecule has 0 radical (unpaired) electrons. The van der Waals surface area contributed by atoms with Crippen molar-refractivity contribution in [1.29, 1.82) is 0 Å². The van der Waals surface area contributed by atoms with Crippen molar-refractivity contribution >= 4 is 17.7 Å². The number of ether oxygens (including phenoxy) is 3. The summed E-state index contributed by atoms with van der Waals surface area (Å²) in [5.41, 5.74) is 0.158. The highest BCUT2D eigenvalue weighted by atomic mass is 16.7. The van der Waals surface area contributed by atoms with Crippen molar-refractivity contribution in [1.82, 2.24) is 0 Å². The molecule has 0 heterocycles. The summed E-state index contributed by atoms with van der Waals surface area (Å²) >= 11 is 0. The predicted molar refractivity (Wildman–Crippen MR) is 64.9 cm³/mol. The van der Waals surface area contributed by atoms with E-state index in [9.17, 15) is 14.4 Å². The number of hydrogen-bond donors (Lipinski definition) is 0. The lowest BCUT2D eigenvalue weighted by Crippen LogP contribution is -2.44. The number of methoxy groups -OCH3 is 2. The molecule has 0 amide bonds. The Balaban J connectivity index is 3.16. The third-order valence-corrected chi connectivity index (χ3v) is 2.42. The number of rotatable bonds is 4. The van der Waals surface area contributed by atoms with Crippen LogP contribution in [0, 0.1) is 0 Å². The van der Waals surface area contributed by atoms with Gasteiger partial charge in [-0.2, -0.15) is 0 Å². The highest BCUT2D eigenvalue weighted by Crippen LogP contribution is 2.25. The Morgan fingerprint density at radius 1 is 1.26 bits per heavy atom. The molecule has 6 nitrogen and oxygen atoms in total. The van der Waals surface area contributed by atoms with Crippen molar-refractivity contribution < 1.29 is 28.6 Å². The van der Waals surface area contributed by atoms with Crippen LogP contribution in [0.25, 0.3) is 0 Å². The van der Waals surface area contributed by atoms with Crippen molar-refractivity contribution in [2.24, 2.45) is 0 Å². The van der Waals surface area contributed by atoms with E-state index in [-0.39, 0.29) is 11.1 Å². The quantitative estimate of drug-likeness (QED) is 0.423. The molecule has 1 aliphatic rings. The smallest absolute Gasteiger partial charge is 0.337 e. The minimum absolute atomic E-state index is 0.0541. The van der Waals surface area contributed by atoms with Crippen LogP contribution in [0.2, 0.25) is 0 Å². The fourth-order valence-corrected chi connectivity index (χ4v) is 1.36. The molecule has 0 bridgehead atoms. The molecular formula is C13H14O6. The maximum absolute atomic E-state index is 11.8. The molecule has 0 aromatic carbocycles. The molecule has 0 spiro atoms. The van der Waals surface area contributed by atoms with Crippen LogP contribution >= 0.6 is 0 Å². The molecule has 0 saturated carbocycles. The van der Waals surface area contributed by atoms with Crippen LogP contribution in [0.4, 0.5) is 0 Å².